The third-order valence-corrected chi connectivity index (χ3v) is 2.10. The van der Waals surface area contributed by atoms with E-state index >= 15 is 0 Å². The second kappa shape index (κ2) is 5.88. The molecule has 13 heavy (non-hydrogen) atoms. The van der Waals surface area contributed by atoms with Crippen molar-refractivity contribution >= 4 is 23.2 Å². The standard InChI is InChI=1S/C8H16N2O2S/c1-6(8(9)13)4-10(2)5-7(11)12-3/h6H,4-5H2,1-3H3,(H2,9,13). The van der Waals surface area contributed by atoms with Gasteiger partial charge in [0.2, 0.25) is 0 Å². The van der Waals surface area contributed by atoms with E-state index in [1.807, 2.05) is 18.9 Å². The normalized spacial score (nSPS) is 12.6. The van der Waals surface area contributed by atoms with E-state index in [4.69, 9.17) is 18.0 Å². The number of ether oxygens (including phenoxy) is 1. The molecule has 0 heterocycles. The van der Waals surface area contributed by atoms with Gasteiger partial charge in [0.25, 0.3) is 0 Å². The van der Waals surface area contributed by atoms with Gasteiger partial charge in [0.15, 0.2) is 0 Å². The summed E-state index contributed by atoms with van der Waals surface area (Å²) >= 11 is 4.81. The van der Waals surface area contributed by atoms with Crippen molar-refractivity contribution < 1.29 is 9.53 Å². The highest BCUT2D eigenvalue weighted by molar-refractivity contribution is 7.80. The lowest BCUT2D eigenvalue weighted by Crippen LogP contribution is -2.34. The second-order valence-corrected chi connectivity index (χ2v) is 3.55. The number of carbonyl (C=O) groups excluding carboxylic acids is 1. The quantitative estimate of drug-likeness (QED) is 0.505. The van der Waals surface area contributed by atoms with E-state index in [2.05, 4.69) is 4.74 Å². The molecule has 5 heteroatoms. The molecule has 0 amide bonds. The zero-order chi connectivity index (χ0) is 10.4. The first-order valence-corrected chi connectivity index (χ1v) is 4.43. The maximum absolute atomic E-state index is 10.8. The van der Waals surface area contributed by atoms with Crippen LogP contribution in [0.3, 0.4) is 0 Å². The van der Waals surface area contributed by atoms with Crippen LogP contribution in [0.5, 0.6) is 0 Å². The van der Waals surface area contributed by atoms with Crippen molar-refractivity contribution in [3.8, 4) is 0 Å². The SMILES string of the molecule is COC(=O)CN(C)CC(C)C(N)=S. The van der Waals surface area contributed by atoms with E-state index in [1.165, 1.54) is 7.11 Å². The van der Waals surface area contributed by atoms with Gasteiger partial charge in [-0.1, -0.05) is 19.1 Å². The van der Waals surface area contributed by atoms with Gasteiger partial charge >= 0.3 is 5.97 Å². The fourth-order valence-corrected chi connectivity index (χ4v) is 0.982. The summed E-state index contributed by atoms with van der Waals surface area (Å²) in [5, 5.41) is 0. The number of methoxy groups -OCH3 is 1. The van der Waals surface area contributed by atoms with Crippen molar-refractivity contribution in [3.63, 3.8) is 0 Å². The predicted molar refractivity (Wildman–Crippen MR) is 55.5 cm³/mol. The lowest BCUT2D eigenvalue weighted by Gasteiger charge is -2.18. The van der Waals surface area contributed by atoms with E-state index in [0.717, 1.165) is 0 Å². The highest BCUT2D eigenvalue weighted by Gasteiger charge is 2.11. The fraction of sp³-hybridized carbons (Fsp3) is 0.750. The molecule has 0 aromatic carbocycles. The molecule has 0 aromatic rings. The van der Waals surface area contributed by atoms with Crippen LogP contribution in [0.2, 0.25) is 0 Å². The molecular formula is C8H16N2O2S. The number of thiocarbonyl (C=S) groups is 1. The maximum Gasteiger partial charge on any atom is 0.319 e. The van der Waals surface area contributed by atoms with Gasteiger partial charge in [-0.15, -0.1) is 0 Å². The second-order valence-electron chi connectivity index (χ2n) is 3.08. The Labute approximate surface area is 84.0 Å². The molecule has 0 aliphatic carbocycles. The van der Waals surface area contributed by atoms with Crippen molar-refractivity contribution in [1.82, 2.24) is 4.90 Å². The first-order valence-electron chi connectivity index (χ1n) is 4.02. The number of nitrogens with zero attached hydrogens (tertiary/aromatic N) is 1. The van der Waals surface area contributed by atoms with Crippen molar-refractivity contribution in [2.24, 2.45) is 11.7 Å². The van der Waals surface area contributed by atoms with Gasteiger partial charge in [-0.05, 0) is 7.05 Å². The van der Waals surface area contributed by atoms with E-state index < -0.39 is 0 Å². The predicted octanol–water partition coefficient (Wildman–Crippen LogP) is 0.0134. The number of nitrogens with two attached hydrogens (primary N) is 1. The fourth-order valence-electron chi connectivity index (χ4n) is 0.907. The Bertz CT molecular complexity index is 197. The first-order chi connectivity index (χ1) is 5.97. The molecule has 2 N–H and O–H groups in total. The highest BCUT2D eigenvalue weighted by Crippen LogP contribution is 1.98. The summed E-state index contributed by atoms with van der Waals surface area (Å²) in [6, 6.07) is 0. The minimum absolute atomic E-state index is 0.115. The number of likely N-dealkylation sites (N-methyl/N-ethyl adjacent to an activating group) is 1. The number of esters is 1. The van der Waals surface area contributed by atoms with Crippen LogP contribution in [0.1, 0.15) is 6.92 Å². The average molecular weight is 204 g/mol. The third-order valence-electron chi connectivity index (χ3n) is 1.70. The summed E-state index contributed by atoms with van der Waals surface area (Å²) in [4.78, 5) is 13.1. The van der Waals surface area contributed by atoms with Gasteiger partial charge in [0.05, 0.1) is 18.6 Å². The van der Waals surface area contributed by atoms with Gasteiger partial charge in [-0.25, -0.2) is 0 Å². The number of hydrogen-bond donors (Lipinski definition) is 1. The van der Waals surface area contributed by atoms with Gasteiger partial charge in [-0.2, -0.15) is 0 Å². The largest absolute Gasteiger partial charge is 0.468 e. The molecule has 4 nitrogen and oxygen atoms in total. The summed E-state index contributed by atoms with van der Waals surface area (Å²) in [7, 11) is 3.19. The minimum atomic E-state index is -0.252. The van der Waals surface area contributed by atoms with Gasteiger partial charge in [0, 0.05) is 12.5 Å². The lowest BCUT2D eigenvalue weighted by molar-refractivity contribution is -0.141. The molecule has 0 spiro atoms. The van der Waals surface area contributed by atoms with Crippen molar-refractivity contribution in [2.75, 3.05) is 27.2 Å². The van der Waals surface area contributed by atoms with Crippen molar-refractivity contribution in [3.05, 3.63) is 0 Å². The Morgan fingerprint density at radius 2 is 2.23 bits per heavy atom. The molecule has 0 rings (SSSR count). The Hall–Kier alpha value is -0.680. The third kappa shape index (κ3) is 5.54. The number of rotatable bonds is 5. The molecule has 0 saturated heterocycles. The number of carbonyl (C=O) groups is 1. The van der Waals surface area contributed by atoms with Crippen LogP contribution in [0.25, 0.3) is 0 Å². The van der Waals surface area contributed by atoms with Crippen LogP contribution < -0.4 is 5.73 Å². The number of hydrogen-bond acceptors (Lipinski definition) is 4. The molecule has 0 radical (unpaired) electrons. The lowest BCUT2D eigenvalue weighted by atomic mass is 10.2. The van der Waals surface area contributed by atoms with Gasteiger partial charge < -0.3 is 10.5 Å². The van der Waals surface area contributed by atoms with Crippen LogP contribution in [0, 0.1) is 5.92 Å². The molecule has 1 unspecified atom stereocenters. The van der Waals surface area contributed by atoms with Crippen LogP contribution in [0.15, 0.2) is 0 Å². The smallest absolute Gasteiger partial charge is 0.319 e. The molecule has 0 aliphatic heterocycles. The first kappa shape index (κ1) is 12.3. The Morgan fingerprint density at radius 3 is 2.62 bits per heavy atom. The monoisotopic (exact) mass is 204 g/mol. The van der Waals surface area contributed by atoms with E-state index in [1.54, 1.807) is 0 Å². The van der Waals surface area contributed by atoms with Crippen LogP contribution >= 0.6 is 12.2 Å². The molecule has 0 aliphatic rings. The summed E-state index contributed by atoms with van der Waals surface area (Å²) in [6.07, 6.45) is 0. The molecule has 0 aromatic heterocycles. The van der Waals surface area contributed by atoms with Crippen LogP contribution in [-0.4, -0.2) is 43.1 Å². The van der Waals surface area contributed by atoms with E-state index in [9.17, 15) is 4.79 Å². The molecule has 0 saturated carbocycles. The Balaban J connectivity index is 3.80. The minimum Gasteiger partial charge on any atom is -0.468 e. The average Bonchev–Trinajstić information content (AvgIpc) is 2.03. The summed E-state index contributed by atoms with van der Waals surface area (Å²) < 4.78 is 4.52. The Morgan fingerprint density at radius 1 is 1.69 bits per heavy atom. The van der Waals surface area contributed by atoms with Gasteiger partial charge in [0.1, 0.15) is 0 Å². The maximum atomic E-state index is 10.8. The summed E-state index contributed by atoms with van der Waals surface area (Å²) in [5.74, 6) is -0.137. The molecule has 0 bridgehead atoms. The van der Waals surface area contributed by atoms with Crippen molar-refractivity contribution in [2.45, 2.75) is 6.92 Å². The van der Waals surface area contributed by atoms with Gasteiger partial charge in [-0.3, -0.25) is 9.69 Å². The van der Waals surface area contributed by atoms with E-state index in [0.29, 0.717) is 11.5 Å². The van der Waals surface area contributed by atoms with Crippen LogP contribution in [-0.2, 0) is 9.53 Å². The van der Waals surface area contributed by atoms with Crippen LogP contribution in [0.4, 0.5) is 0 Å². The zero-order valence-electron chi connectivity index (χ0n) is 8.24. The molecule has 0 fully saturated rings. The summed E-state index contributed by atoms with van der Waals surface area (Å²) in [6.45, 7) is 2.87. The Kier molecular flexibility index (Phi) is 5.57. The zero-order valence-corrected chi connectivity index (χ0v) is 9.06. The molecule has 1 atom stereocenters. The van der Waals surface area contributed by atoms with Crippen molar-refractivity contribution in [1.29, 1.82) is 0 Å². The van der Waals surface area contributed by atoms with E-state index in [-0.39, 0.29) is 18.4 Å². The highest BCUT2D eigenvalue weighted by atomic mass is 32.1. The molecule has 76 valence electrons. The molecular weight excluding hydrogens is 188 g/mol. The topological polar surface area (TPSA) is 55.6 Å². The summed E-state index contributed by atoms with van der Waals surface area (Å²) in [5.41, 5.74) is 5.44.